The summed E-state index contributed by atoms with van der Waals surface area (Å²) in [6.07, 6.45) is 3.24. The second-order valence-corrected chi connectivity index (χ2v) is 8.80. The molecule has 0 radical (unpaired) electrons. The van der Waals surface area contributed by atoms with Gasteiger partial charge in [-0.15, -0.1) is 0 Å². The molecule has 2 unspecified atom stereocenters. The fraction of sp³-hybridized carbons (Fsp3) is 0.905. The quantitative estimate of drug-likeness (QED) is 0.438. The Hall–Kier alpha value is -1.06. The van der Waals surface area contributed by atoms with Crippen molar-refractivity contribution in [2.75, 3.05) is 13.2 Å². The molecule has 0 spiro atoms. The molecule has 2 atom stereocenters. The SMILES string of the molecule is CCCC1C(C(C)C)CCC1(C(=O)OCC(C)C)C(=O)OCC(C)C. The van der Waals surface area contributed by atoms with Gasteiger partial charge in [-0.05, 0) is 48.9 Å². The monoisotopic (exact) mass is 354 g/mol. The van der Waals surface area contributed by atoms with Crippen LogP contribution in [0.5, 0.6) is 0 Å². The number of carbonyl (C=O) groups excluding carboxylic acids is 2. The van der Waals surface area contributed by atoms with E-state index in [2.05, 4.69) is 20.8 Å². The highest BCUT2D eigenvalue weighted by Crippen LogP contribution is 2.53. The molecule has 0 aromatic heterocycles. The molecule has 0 saturated heterocycles. The van der Waals surface area contributed by atoms with Gasteiger partial charge in [-0.3, -0.25) is 9.59 Å². The molecule has 0 N–H and O–H groups in total. The Morgan fingerprint density at radius 1 is 0.960 bits per heavy atom. The number of ether oxygens (including phenoxy) is 2. The fourth-order valence-corrected chi connectivity index (χ4v) is 4.05. The van der Waals surface area contributed by atoms with E-state index in [1.165, 1.54) is 0 Å². The molecule has 1 aliphatic carbocycles. The average molecular weight is 355 g/mol. The molecular formula is C21H38O4. The number of hydrogen-bond acceptors (Lipinski definition) is 4. The Labute approximate surface area is 154 Å². The van der Waals surface area contributed by atoms with E-state index in [9.17, 15) is 9.59 Å². The first-order chi connectivity index (χ1) is 11.7. The zero-order valence-electron chi connectivity index (χ0n) is 17.3. The van der Waals surface area contributed by atoms with E-state index in [-0.39, 0.29) is 29.7 Å². The maximum Gasteiger partial charge on any atom is 0.323 e. The van der Waals surface area contributed by atoms with Gasteiger partial charge in [0.15, 0.2) is 5.41 Å². The standard InChI is InChI=1S/C21H38O4/c1-8-9-18-17(16(6)7)10-11-21(18,19(22)24-12-14(2)3)20(23)25-13-15(4)5/h14-18H,8-13H2,1-7H3. The predicted octanol–water partition coefficient (Wildman–Crippen LogP) is 4.85. The summed E-state index contributed by atoms with van der Waals surface area (Å²) in [6, 6.07) is 0. The first-order valence-electron chi connectivity index (χ1n) is 10.0. The third-order valence-electron chi connectivity index (χ3n) is 5.30. The lowest BCUT2D eigenvalue weighted by Crippen LogP contribution is -2.47. The topological polar surface area (TPSA) is 52.6 Å². The molecular weight excluding hydrogens is 316 g/mol. The van der Waals surface area contributed by atoms with Crippen LogP contribution in [0.1, 0.15) is 74.1 Å². The fourth-order valence-electron chi connectivity index (χ4n) is 4.05. The van der Waals surface area contributed by atoms with Gasteiger partial charge in [-0.2, -0.15) is 0 Å². The van der Waals surface area contributed by atoms with Gasteiger partial charge in [0.25, 0.3) is 0 Å². The first kappa shape index (κ1) is 22.0. The van der Waals surface area contributed by atoms with Crippen molar-refractivity contribution < 1.29 is 19.1 Å². The van der Waals surface area contributed by atoms with Gasteiger partial charge in [0.05, 0.1) is 13.2 Å². The second kappa shape index (κ2) is 9.59. The van der Waals surface area contributed by atoms with E-state index >= 15 is 0 Å². The third kappa shape index (κ3) is 5.21. The second-order valence-electron chi connectivity index (χ2n) is 8.80. The molecule has 25 heavy (non-hydrogen) atoms. The highest BCUT2D eigenvalue weighted by Gasteiger charge is 2.60. The molecule has 1 fully saturated rings. The van der Waals surface area contributed by atoms with Crippen molar-refractivity contribution in [2.45, 2.75) is 74.1 Å². The van der Waals surface area contributed by atoms with E-state index in [0.29, 0.717) is 31.5 Å². The van der Waals surface area contributed by atoms with Crippen LogP contribution in [0.15, 0.2) is 0 Å². The van der Waals surface area contributed by atoms with Crippen LogP contribution in [0.3, 0.4) is 0 Å². The number of rotatable bonds is 9. The van der Waals surface area contributed by atoms with Crippen LogP contribution in [0, 0.1) is 35.0 Å². The molecule has 4 nitrogen and oxygen atoms in total. The van der Waals surface area contributed by atoms with E-state index in [0.717, 1.165) is 19.3 Å². The Morgan fingerprint density at radius 2 is 1.44 bits per heavy atom. The summed E-state index contributed by atoms with van der Waals surface area (Å²) in [6.45, 7) is 15.2. The van der Waals surface area contributed by atoms with Crippen LogP contribution in [0.2, 0.25) is 0 Å². The molecule has 0 aliphatic heterocycles. The third-order valence-corrected chi connectivity index (χ3v) is 5.30. The highest BCUT2D eigenvalue weighted by molar-refractivity contribution is 6.01. The molecule has 1 saturated carbocycles. The first-order valence-corrected chi connectivity index (χ1v) is 10.0. The molecule has 0 aromatic carbocycles. The lowest BCUT2D eigenvalue weighted by Gasteiger charge is -2.35. The highest BCUT2D eigenvalue weighted by atomic mass is 16.6. The van der Waals surface area contributed by atoms with Crippen molar-refractivity contribution >= 4 is 11.9 Å². The minimum Gasteiger partial charge on any atom is -0.465 e. The van der Waals surface area contributed by atoms with Gasteiger partial charge in [-0.25, -0.2) is 0 Å². The summed E-state index contributed by atoms with van der Waals surface area (Å²) in [5.74, 6) is 0.580. The number of carbonyl (C=O) groups is 2. The average Bonchev–Trinajstić information content (AvgIpc) is 2.91. The van der Waals surface area contributed by atoms with Gasteiger partial charge in [0, 0.05) is 0 Å². The van der Waals surface area contributed by atoms with E-state index < -0.39 is 5.41 Å². The van der Waals surface area contributed by atoms with Gasteiger partial charge in [0.1, 0.15) is 0 Å². The molecule has 1 rings (SSSR count). The van der Waals surface area contributed by atoms with Crippen molar-refractivity contribution in [2.24, 2.45) is 35.0 Å². The summed E-state index contributed by atoms with van der Waals surface area (Å²) in [7, 11) is 0. The zero-order valence-corrected chi connectivity index (χ0v) is 17.3. The minimum absolute atomic E-state index is 0.0109. The van der Waals surface area contributed by atoms with Crippen LogP contribution in [-0.4, -0.2) is 25.2 Å². The summed E-state index contributed by atoms with van der Waals surface area (Å²) in [5.41, 5.74) is -1.12. The summed E-state index contributed by atoms with van der Waals surface area (Å²) >= 11 is 0. The van der Waals surface area contributed by atoms with Crippen LogP contribution < -0.4 is 0 Å². The maximum absolute atomic E-state index is 13.1. The molecule has 0 aromatic rings. The van der Waals surface area contributed by atoms with Crippen molar-refractivity contribution in [3.05, 3.63) is 0 Å². The smallest absolute Gasteiger partial charge is 0.323 e. The maximum atomic E-state index is 13.1. The van der Waals surface area contributed by atoms with Crippen LogP contribution in [0.25, 0.3) is 0 Å². The summed E-state index contributed by atoms with van der Waals surface area (Å²) in [4.78, 5) is 26.2. The number of hydrogen-bond donors (Lipinski definition) is 0. The van der Waals surface area contributed by atoms with Crippen LogP contribution in [-0.2, 0) is 19.1 Å². The normalized spacial score (nSPS) is 22.6. The van der Waals surface area contributed by atoms with Crippen molar-refractivity contribution in [3.8, 4) is 0 Å². The van der Waals surface area contributed by atoms with Gasteiger partial charge < -0.3 is 9.47 Å². The molecule has 1 aliphatic rings. The van der Waals surface area contributed by atoms with E-state index in [4.69, 9.17) is 9.47 Å². The number of esters is 2. The van der Waals surface area contributed by atoms with Gasteiger partial charge in [0.2, 0.25) is 0 Å². The lowest BCUT2D eigenvalue weighted by molar-refractivity contribution is -0.178. The molecule has 0 heterocycles. The molecule has 4 heteroatoms. The minimum atomic E-state index is -1.12. The Kier molecular flexibility index (Phi) is 8.43. The Balaban J connectivity index is 3.16. The molecule has 0 bridgehead atoms. The van der Waals surface area contributed by atoms with Crippen LogP contribution in [0.4, 0.5) is 0 Å². The molecule has 0 amide bonds. The van der Waals surface area contributed by atoms with Gasteiger partial charge >= 0.3 is 11.9 Å². The van der Waals surface area contributed by atoms with Gasteiger partial charge in [-0.1, -0.05) is 54.9 Å². The van der Waals surface area contributed by atoms with Crippen molar-refractivity contribution in [3.63, 3.8) is 0 Å². The predicted molar refractivity (Wildman–Crippen MR) is 100.0 cm³/mol. The molecule has 146 valence electrons. The summed E-state index contributed by atoms with van der Waals surface area (Å²) < 4.78 is 11.2. The van der Waals surface area contributed by atoms with Crippen molar-refractivity contribution in [1.29, 1.82) is 0 Å². The van der Waals surface area contributed by atoms with E-state index in [1.807, 2.05) is 27.7 Å². The van der Waals surface area contributed by atoms with Crippen LogP contribution >= 0.6 is 0 Å². The van der Waals surface area contributed by atoms with E-state index in [1.54, 1.807) is 0 Å². The lowest BCUT2D eigenvalue weighted by atomic mass is 9.70. The summed E-state index contributed by atoms with van der Waals surface area (Å²) in [5, 5.41) is 0. The largest absolute Gasteiger partial charge is 0.465 e. The van der Waals surface area contributed by atoms with Crippen molar-refractivity contribution in [1.82, 2.24) is 0 Å². The Bertz CT molecular complexity index is 415. The zero-order chi connectivity index (χ0) is 19.2. The Morgan fingerprint density at radius 3 is 1.80 bits per heavy atom.